The van der Waals surface area contributed by atoms with E-state index >= 15 is 0 Å². The predicted molar refractivity (Wildman–Crippen MR) is 83.4 cm³/mol. The van der Waals surface area contributed by atoms with Crippen molar-refractivity contribution in [1.29, 1.82) is 0 Å². The molecule has 0 fully saturated rings. The maximum Gasteiger partial charge on any atom is 0.239 e. The number of hydrogen-bond donors (Lipinski definition) is 2. The smallest absolute Gasteiger partial charge is 0.239 e. The minimum Gasteiger partial charge on any atom is -0.378 e. The van der Waals surface area contributed by atoms with E-state index in [1.165, 1.54) is 22.6 Å². The van der Waals surface area contributed by atoms with Gasteiger partial charge in [0.1, 0.15) is 0 Å². The highest BCUT2D eigenvalue weighted by molar-refractivity contribution is 7.13. The number of hydrogen-bond acceptors (Lipinski definition) is 5. The second kappa shape index (κ2) is 6.49. The van der Waals surface area contributed by atoms with Crippen molar-refractivity contribution in [3.8, 4) is 0 Å². The summed E-state index contributed by atoms with van der Waals surface area (Å²) in [5.74, 6) is -0.221. The lowest BCUT2D eigenvalue weighted by Gasteiger charge is -2.12. The summed E-state index contributed by atoms with van der Waals surface area (Å²) in [5, 5.41) is 5.21. The first-order valence-corrected chi connectivity index (χ1v) is 7.17. The fraction of sp³-hybridized carbons (Fsp3) is 0.286. The van der Waals surface area contributed by atoms with Gasteiger partial charge >= 0.3 is 0 Å². The molecule has 0 saturated carbocycles. The number of thiazole rings is 1. The molecule has 0 saturated heterocycles. The standard InChI is InChI=1S/C14H18N4OS/c1-18(2)12-5-3-10(4-6-12)7-11-9-20-14(16-11)17-13(19)8-15/h3-6,9H,7-8,15H2,1-2H3,(H,16,17,19). The van der Waals surface area contributed by atoms with E-state index in [0.717, 1.165) is 12.1 Å². The molecule has 0 aliphatic heterocycles. The summed E-state index contributed by atoms with van der Waals surface area (Å²) in [5.41, 5.74) is 8.56. The Morgan fingerprint density at radius 3 is 2.65 bits per heavy atom. The van der Waals surface area contributed by atoms with Crippen molar-refractivity contribution in [3.63, 3.8) is 0 Å². The zero-order valence-electron chi connectivity index (χ0n) is 11.6. The number of nitrogens with one attached hydrogen (secondary N) is 1. The first kappa shape index (κ1) is 14.5. The van der Waals surface area contributed by atoms with Crippen LogP contribution in [0, 0.1) is 0 Å². The van der Waals surface area contributed by atoms with Gasteiger partial charge in [-0.2, -0.15) is 0 Å². The second-order valence-corrected chi connectivity index (χ2v) is 5.49. The molecule has 106 valence electrons. The number of aromatic nitrogens is 1. The van der Waals surface area contributed by atoms with E-state index in [2.05, 4.69) is 39.5 Å². The highest BCUT2D eigenvalue weighted by Crippen LogP contribution is 2.19. The van der Waals surface area contributed by atoms with E-state index in [9.17, 15) is 4.79 Å². The van der Waals surface area contributed by atoms with E-state index in [1.807, 2.05) is 19.5 Å². The fourth-order valence-electron chi connectivity index (χ4n) is 1.74. The molecule has 2 rings (SSSR count). The monoisotopic (exact) mass is 290 g/mol. The molecular formula is C14H18N4OS. The number of nitrogens with zero attached hydrogens (tertiary/aromatic N) is 2. The Bertz CT molecular complexity index is 577. The maximum atomic E-state index is 11.2. The number of rotatable bonds is 5. The van der Waals surface area contributed by atoms with Crippen LogP contribution >= 0.6 is 11.3 Å². The largest absolute Gasteiger partial charge is 0.378 e. The summed E-state index contributed by atoms with van der Waals surface area (Å²) in [6.45, 7) is -0.0269. The lowest BCUT2D eigenvalue weighted by molar-refractivity contribution is -0.114. The molecule has 1 aromatic carbocycles. The third kappa shape index (κ3) is 3.79. The van der Waals surface area contributed by atoms with E-state index in [1.54, 1.807) is 0 Å². The topological polar surface area (TPSA) is 71.2 Å². The first-order valence-electron chi connectivity index (χ1n) is 6.29. The Morgan fingerprint density at radius 1 is 1.35 bits per heavy atom. The second-order valence-electron chi connectivity index (χ2n) is 4.63. The molecule has 1 amide bonds. The van der Waals surface area contributed by atoms with E-state index < -0.39 is 0 Å². The van der Waals surface area contributed by atoms with Crippen LogP contribution in [0.3, 0.4) is 0 Å². The lowest BCUT2D eigenvalue weighted by atomic mass is 10.1. The van der Waals surface area contributed by atoms with Crippen LogP contribution in [-0.4, -0.2) is 31.5 Å². The highest BCUT2D eigenvalue weighted by atomic mass is 32.1. The van der Waals surface area contributed by atoms with Crippen molar-refractivity contribution in [2.45, 2.75) is 6.42 Å². The average molecular weight is 290 g/mol. The van der Waals surface area contributed by atoms with Gasteiger partial charge in [0.05, 0.1) is 12.2 Å². The van der Waals surface area contributed by atoms with Crippen molar-refractivity contribution in [3.05, 3.63) is 40.9 Å². The van der Waals surface area contributed by atoms with Gasteiger partial charge in [-0.3, -0.25) is 4.79 Å². The Hall–Kier alpha value is -1.92. The average Bonchev–Trinajstić information content (AvgIpc) is 2.86. The molecule has 6 heteroatoms. The highest BCUT2D eigenvalue weighted by Gasteiger charge is 2.06. The summed E-state index contributed by atoms with van der Waals surface area (Å²) < 4.78 is 0. The molecule has 0 aliphatic rings. The van der Waals surface area contributed by atoms with Gasteiger partial charge in [-0.25, -0.2) is 4.98 Å². The minimum absolute atomic E-state index is 0.0269. The number of carbonyl (C=O) groups excluding carboxylic acids is 1. The molecular weight excluding hydrogens is 272 g/mol. The van der Waals surface area contributed by atoms with Crippen molar-refractivity contribution in [1.82, 2.24) is 4.98 Å². The molecule has 0 atom stereocenters. The number of nitrogens with two attached hydrogens (primary N) is 1. The Labute approximate surface area is 122 Å². The van der Waals surface area contributed by atoms with Crippen LogP contribution in [0.25, 0.3) is 0 Å². The van der Waals surface area contributed by atoms with Gasteiger partial charge in [-0.05, 0) is 17.7 Å². The van der Waals surface area contributed by atoms with E-state index in [-0.39, 0.29) is 12.5 Å². The quantitative estimate of drug-likeness (QED) is 0.879. The van der Waals surface area contributed by atoms with Crippen LogP contribution in [0.5, 0.6) is 0 Å². The van der Waals surface area contributed by atoms with Crippen LogP contribution < -0.4 is 16.0 Å². The fourth-order valence-corrected chi connectivity index (χ4v) is 2.46. The van der Waals surface area contributed by atoms with Gasteiger partial charge in [-0.1, -0.05) is 12.1 Å². The number of carbonyl (C=O) groups is 1. The molecule has 0 aliphatic carbocycles. The molecule has 5 nitrogen and oxygen atoms in total. The Balaban J connectivity index is 2.01. The normalized spacial score (nSPS) is 10.3. The van der Waals surface area contributed by atoms with Crippen molar-refractivity contribution >= 4 is 28.1 Å². The van der Waals surface area contributed by atoms with Crippen molar-refractivity contribution < 1.29 is 4.79 Å². The molecule has 0 spiro atoms. The molecule has 20 heavy (non-hydrogen) atoms. The molecule has 0 bridgehead atoms. The van der Waals surface area contributed by atoms with Gasteiger partial charge in [0.25, 0.3) is 0 Å². The van der Waals surface area contributed by atoms with E-state index in [4.69, 9.17) is 5.73 Å². The summed E-state index contributed by atoms with van der Waals surface area (Å²) in [6, 6.07) is 8.34. The predicted octanol–water partition coefficient (Wildman–Crippen LogP) is 1.70. The van der Waals surface area contributed by atoms with Crippen molar-refractivity contribution in [2.75, 3.05) is 30.9 Å². The zero-order valence-corrected chi connectivity index (χ0v) is 12.4. The summed E-state index contributed by atoms with van der Waals surface area (Å²) in [4.78, 5) is 17.6. The molecule has 1 aromatic heterocycles. The van der Waals surface area contributed by atoms with Gasteiger partial charge < -0.3 is 16.0 Å². The minimum atomic E-state index is -0.221. The first-order chi connectivity index (χ1) is 9.58. The van der Waals surface area contributed by atoms with Crippen molar-refractivity contribution in [2.24, 2.45) is 5.73 Å². The van der Waals surface area contributed by atoms with Crippen LogP contribution in [0.15, 0.2) is 29.6 Å². The van der Waals surface area contributed by atoms with Gasteiger partial charge in [-0.15, -0.1) is 11.3 Å². The maximum absolute atomic E-state index is 11.2. The number of benzene rings is 1. The molecule has 0 radical (unpaired) electrons. The summed E-state index contributed by atoms with van der Waals surface area (Å²) in [7, 11) is 4.03. The van der Waals surface area contributed by atoms with Gasteiger partial charge in [0.15, 0.2) is 5.13 Å². The summed E-state index contributed by atoms with van der Waals surface area (Å²) >= 11 is 1.41. The summed E-state index contributed by atoms with van der Waals surface area (Å²) in [6.07, 6.45) is 0.753. The third-order valence-electron chi connectivity index (χ3n) is 2.82. The molecule has 0 unspecified atom stereocenters. The lowest BCUT2D eigenvalue weighted by Crippen LogP contribution is -2.21. The van der Waals surface area contributed by atoms with Crippen LogP contribution in [0.4, 0.5) is 10.8 Å². The Kier molecular flexibility index (Phi) is 4.70. The van der Waals surface area contributed by atoms with Crippen LogP contribution in [0.1, 0.15) is 11.3 Å². The zero-order chi connectivity index (χ0) is 14.5. The molecule has 2 aromatic rings. The van der Waals surface area contributed by atoms with E-state index in [0.29, 0.717) is 5.13 Å². The SMILES string of the molecule is CN(C)c1ccc(Cc2csc(NC(=O)CN)n2)cc1. The Morgan fingerprint density at radius 2 is 2.05 bits per heavy atom. The van der Waals surface area contributed by atoms with Gasteiger partial charge in [0.2, 0.25) is 5.91 Å². The molecule has 3 N–H and O–H groups in total. The van der Waals surface area contributed by atoms with Crippen LogP contribution in [0.2, 0.25) is 0 Å². The number of amides is 1. The van der Waals surface area contributed by atoms with Crippen LogP contribution in [-0.2, 0) is 11.2 Å². The number of anilines is 2. The molecule has 1 heterocycles. The van der Waals surface area contributed by atoms with Gasteiger partial charge in [0, 0.05) is 31.6 Å². The third-order valence-corrected chi connectivity index (χ3v) is 3.63.